The summed E-state index contributed by atoms with van der Waals surface area (Å²) in [6.45, 7) is 0. The molecule has 0 atom stereocenters. The number of aromatic carboxylic acids is 1. The Balaban J connectivity index is 2.16. The predicted octanol–water partition coefficient (Wildman–Crippen LogP) is 2.61. The lowest BCUT2D eigenvalue weighted by Crippen LogP contribution is -2.04. The Bertz CT molecular complexity index is 818. The molecule has 2 aromatic heterocycles. The van der Waals surface area contributed by atoms with Gasteiger partial charge in [0.2, 0.25) is 0 Å². The van der Waals surface area contributed by atoms with Crippen LogP contribution in [0.4, 0.5) is 0 Å². The van der Waals surface area contributed by atoms with Gasteiger partial charge in [0.25, 0.3) is 0 Å². The number of phenolic OH excluding ortho intramolecular Hbond substituents is 1. The molecular weight excluding hydrogens is 282 g/mol. The van der Waals surface area contributed by atoms with Crippen molar-refractivity contribution in [1.29, 1.82) is 0 Å². The van der Waals surface area contributed by atoms with E-state index in [0.717, 1.165) is 0 Å². The number of pyridine rings is 1. The maximum Gasteiger partial charge on any atom is 0.354 e. The molecule has 22 heavy (non-hydrogen) atoms. The van der Waals surface area contributed by atoms with Gasteiger partial charge in [-0.1, -0.05) is 0 Å². The number of carboxylic acid groups (broad SMARTS) is 1. The zero-order valence-electron chi connectivity index (χ0n) is 11.3. The first-order valence-corrected chi connectivity index (χ1v) is 6.45. The molecule has 108 valence electrons. The maximum atomic E-state index is 11.3. The lowest BCUT2D eigenvalue weighted by atomic mass is 10.1. The van der Waals surface area contributed by atoms with E-state index >= 15 is 0 Å². The molecule has 0 bridgehead atoms. The minimum Gasteiger partial charge on any atom is -0.508 e. The van der Waals surface area contributed by atoms with Crippen molar-refractivity contribution < 1.29 is 15.0 Å². The molecule has 0 saturated carbocycles. The van der Waals surface area contributed by atoms with E-state index in [0.29, 0.717) is 16.8 Å². The van der Waals surface area contributed by atoms with Crippen LogP contribution in [0.25, 0.3) is 22.6 Å². The van der Waals surface area contributed by atoms with Gasteiger partial charge >= 0.3 is 5.97 Å². The Kier molecular flexibility index (Phi) is 3.49. The van der Waals surface area contributed by atoms with Gasteiger partial charge in [0.05, 0.1) is 5.69 Å². The normalized spacial score (nSPS) is 10.4. The molecule has 0 unspecified atom stereocenters. The van der Waals surface area contributed by atoms with Crippen molar-refractivity contribution in [1.82, 2.24) is 15.0 Å². The van der Waals surface area contributed by atoms with E-state index in [1.165, 1.54) is 18.2 Å². The molecule has 6 heteroatoms. The summed E-state index contributed by atoms with van der Waals surface area (Å²) >= 11 is 0. The van der Waals surface area contributed by atoms with Crippen molar-refractivity contribution in [2.24, 2.45) is 0 Å². The zero-order chi connectivity index (χ0) is 15.5. The molecule has 0 amide bonds. The van der Waals surface area contributed by atoms with Gasteiger partial charge in [-0.3, -0.25) is 4.98 Å². The first-order chi connectivity index (χ1) is 10.6. The molecule has 0 aliphatic rings. The summed E-state index contributed by atoms with van der Waals surface area (Å²) in [5.74, 6) is -0.715. The minimum atomic E-state index is -1.13. The molecule has 0 fully saturated rings. The second-order valence-corrected chi connectivity index (χ2v) is 4.56. The Hall–Kier alpha value is -3.28. The molecule has 2 heterocycles. The first-order valence-electron chi connectivity index (χ1n) is 6.45. The molecule has 3 aromatic rings. The summed E-state index contributed by atoms with van der Waals surface area (Å²) in [5, 5.41) is 18.6. The number of aromatic nitrogens is 3. The number of carboxylic acids is 1. The van der Waals surface area contributed by atoms with Gasteiger partial charge in [-0.05, 0) is 42.5 Å². The molecule has 2 N–H and O–H groups in total. The minimum absolute atomic E-state index is 0.100. The molecule has 3 rings (SSSR count). The lowest BCUT2D eigenvalue weighted by molar-refractivity contribution is 0.0690. The van der Waals surface area contributed by atoms with Crippen LogP contribution in [-0.2, 0) is 0 Å². The second-order valence-electron chi connectivity index (χ2n) is 4.56. The van der Waals surface area contributed by atoms with Gasteiger partial charge in [-0.15, -0.1) is 0 Å². The van der Waals surface area contributed by atoms with Gasteiger partial charge in [-0.25, -0.2) is 14.8 Å². The number of phenols is 1. The summed E-state index contributed by atoms with van der Waals surface area (Å²) in [5.41, 5.74) is 1.68. The zero-order valence-corrected chi connectivity index (χ0v) is 11.3. The Labute approximate surface area is 125 Å². The Morgan fingerprint density at radius 3 is 2.41 bits per heavy atom. The third-order valence-electron chi connectivity index (χ3n) is 3.03. The van der Waals surface area contributed by atoms with Crippen molar-refractivity contribution in [3.8, 4) is 28.4 Å². The van der Waals surface area contributed by atoms with Crippen LogP contribution in [0.1, 0.15) is 10.5 Å². The number of hydrogen-bond donors (Lipinski definition) is 2. The fourth-order valence-electron chi connectivity index (χ4n) is 1.96. The number of aromatic hydroxyl groups is 1. The van der Waals surface area contributed by atoms with Crippen molar-refractivity contribution in [2.45, 2.75) is 0 Å². The smallest absolute Gasteiger partial charge is 0.354 e. The summed E-state index contributed by atoms with van der Waals surface area (Å²) < 4.78 is 0. The van der Waals surface area contributed by atoms with Crippen molar-refractivity contribution >= 4 is 5.97 Å². The number of hydrogen-bond acceptors (Lipinski definition) is 5. The van der Waals surface area contributed by atoms with E-state index in [1.807, 2.05) is 0 Å². The summed E-state index contributed by atoms with van der Waals surface area (Å²) in [6.07, 6.45) is 3.19. The summed E-state index contributed by atoms with van der Waals surface area (Å²) in [6, 6.07) is 11.2. The highest BCUT2D eigenvalue weighted by Crippen LogP contribution is 2.23. The molecule has 1 aromatic carbocycles. The molecular formula is C16H11N3O3. The largest absolute Gasteiger partial charge is 0.508 e. The van der Waals surface area contributed by atoms with Crippen LogP contribution in [0, 0.1) is 0 Å². The molecule has 0 aliphatic heterocycles. The van der Waals surface area contributed by atoms with Gasteiger partial charge in [0.1, 0.15) is 5.75 Å². The standard InChI is InChI=1S/C16H11N3O3/c20-12-5-3-10(4-6-12)13-8-14(16(21)22)19-15(18-13)11-2-1-7-17-9-11/h1-9,20H,(H,21,22). The molecule has 0 radical (unpaired) electrons. The highest BCUT2D eigenvalue weighted by molar-refractivity contribution is 5.87. The molecule has 6 nitrogen and oxygen atoms in total. The van der Waals surface area contributed by atoms with Crippen LogP contribution in [0.15, 0.2) is 54.9 Å². The number of rotatable bonds is 3. The van der Waals surface area contributed by atoms with E-state index in [9.17, 15) is 15.0 Å². The Morgan fingerprint density at radius 2 is 1.77 bits per heavy atom. The van der Waals surface area contributed by atoms with Gasteiger partial charge in [0, 0.05) is 23.5 Å². The van der Waals surface area contributed by atoms with Crippen LogP contribution in [0.5, 0.6) is 5.75 Å². The van der Waals surface area contributed by atoms with Crippen molar-refractivity contribution in [3.63, 3.8) is 0 Å². The molecule has 0 aliphatic carbocycles. The Morgan fingerprint density at radius 1 is 1.00 bits per heavy atom. The second kappa shape index (κ2) is 5.61. The van der Waals surface area contributed by atoms with Gasteiger partial charge in [-0.2, -0.15) is 0 Å². The summed E-state index contributed by atoms with van der Waals surface area (Å²) in [7, 11) is 0. The third kappa shape index (κ3) is 2.76. The van der Waals surface area contributed by atoms with Crippen molar-refractivity contribution in [3.05, 3.63) is 60.6 Å². The highest BCUT2D eigenvalue weighted by atomic mass is 16.4. The average molecular weight is 293 g/mol. The van der Waals surface area contributed by atoms with Crippen LogP contribution in [0.2, 0.25) is 0 Å². The number of benzene rings is 1. The van der Waals surface area contributed by atoms with Crippen LogP contribution < -0.4 is 0 Å². The molecule has 0 saturated heterocycles. The summed E-state index contributed by atoms with van der Waals surface area (Å²) in [4.78, 5) is 23.7. The monoisotopic (exact) mass is 293 g/mol. The van der Waals surface area contributed by atoms with E-state index in [-0.39, 0.29) is 17.3 Å². The van der Waals surface area contributed by atoms with Crippen LogP contribution >= 0.6 is 0 Å². The number of nitrogens with zero attached hydrogens (tertiary/aromatic N) is 3. The number of carbonyl (C=O) groups is 1. The van der Waals surface area contributed by atoms with E-state index in [2.05, 4.69) is 15.0 Å². The predicted molar refractivity (Wildman–Crippen MR) is 79.3 cm³/mol. The maximum absolute atomic E-state index is 11.3. The van der Waals surface area contributed by atoms with Crippen LogP contribution in [0.3, 0.4) is 0 Å². The quantitative estimate of drug-likeness (QED) is 0.770. The first kappa shape index (κ1) is 13.7. The van der Waals surface area contributed by atoms with Crippen molar-refractivity contribution in [2.75, 3.05) is 0 Å². The average Bonchev–Trinajstić information content (AvgIpc) is 2.56. The SMILES string of the molecule is O=C(O)c1cc(-c2ccc(O)cc2)nc(-c2cccnc2)n1. The highest BCUT2D eigenvalue weighted by Gasteiger charge is 2.13. The topological polar surface area (TPSA) is 96.2 Å². The molecule has 0 spiro atoms. The fourth-order valence-corrected chi connectivity index (χ4v) is 1.96. The van der Waals surface area contributed by atoms with E-state index in [1.54, 1.807) is 36.7 Å². The lowest BCUT2D eigenvalue weighted by Gasteiger charge is -2.06. The third-order valence-corrected chi connectivity index (χ3v) is 3.03. The van der Waals surface area contributed by atoms with Gasteiger partial charge < -0.3 is 10.2 Å². The van der Waals surface area contributed by atoms with Crippen LogP contribution in [-0.4, -0.2) is 31.1 Å². The van der Waals surface area contributed by atoms with Gasteiger partial charge in [0.15, 0.2) is 11.5 Å². The fraction of sp³-hybridized carbons (Fsp3) is 0. The van der Waals surface area contributed by atoms with E-state index < -0.39 is 5.97 Å². The van der Waals surface area contributed by atoms with E-state index in [4.69, 9.17) is 0 Å².